The normalized spacial score (nSPS) is 14.8. The van der Waals surface area contributed by atoms with Crippen molar-refractivity contribution in [3.05, 3.63) is 76.3 Å². The predicted octanol–water partition coefficient (Wildman–Crippen LogP) is 3.79. The summed E-state index contributed by atoms with van der Waals surface area (Å²) in [6, 6.07) is 17.0. The van der Waals surface area contributed by atoms with E-state index in [4.69, 9.17) is 4.74 Å². The zero-order chi connectivity index (χ0) is 20.9. The average molecular weight is 422 g/mol. The number of amides is 2. The SMILES string of the molecule is COc1ccc(C(=O)Nc2nc3c(s2)CCC3C(=O)NCCc2ccccc2)cc1. The molecule has 0 saturated heterocycles. The van der Waals surface area contributed by atoms with Gasteiger partial charge in [0.05, 0.1) is 18.7 Å². The van der Waals surface area contributed by atoms with E-state index in [1.165, 1.54) is 16.9 Å². The quantitative estimate of drug-likeness (QED) is 0.608. The van der Waals surface area contributed by atoms with Gasteiger partial charge in [0.15, 0.2) is 5.13 Å². The van der Waals surface area contributed by atoms with E-state index in [9.17, 15) is 9.59 Å². The van der Waals surface area contributed by atoms with Gasteiger partial charge in [0.1, 0.15) is 5.75 Å². The molecule has 3 aromatic rings. The van der Waals surface area contributed by atoms with Crippen molar-refractivity contribution in [2.45, 2.75) is 25.2 Å². The molecular formula is C23H23N3O3S. The number of benzene rings is 2. The van der Waals surface area contributed by atoms with Gasteiger partial charge in [-0.05, 0) is 49.1 Å². The fraction of sp³-hybridized carbons (Fsp3) is 0.261. The summed E-state index contributed by atoms with van der Waals surface area (Å²) in [5, 5.41) is 6.40. The van der Waals surface area contributed by atoms with Crippen LogP contribution in [-0.4, -0.2) is 30.5 Å². The minimum Gasteiger partial charge on any atom is -0.497 e. The molecule has 4 rings (SSSR count). The van der Waals surface area contributed by atoms with Crippen molar-refractivity contribution in [3.8, 4) is 5.75 Å². The Hall–Kier alpha value is -3.19. The van der Waals surface area contributed by atoms with E-state index in [1.807, 2.05) is 18.2 Å². The van der Waals surface area contributed by atoms with Gasteiger partial charge in [-0.1, -0.05) is 30.3 Å². The fourth-order valence-electron chi connectivity index (χ4n) is 3.55. The maximum Gasteiger partial charge on any atom is 0.257 e. The molecule has 1 aliphatic rings. The van der Waals surface area contributed by atoms with Crippen LogP contribution < -0.4 is 15.4 Å². The second-order valence-electron chi connectivity index (χ2n) is 7.13. The minimum atomic E-state index is -0.251. The molecule has 2 aromatic carbocycles. The molecule has 1 aromatic heterocycles. The number of rotatable bonds is 7. The van der Waals surface area contributed by atoms with Crippen LogP contribution >= 0.6 is 11.3 Å². The summed E-state index contributed by atoms with van der Waals surface area (Å²) in [6.07, 6.45) is 2.37. The van der Waals surface area contributed by atoms with Gasteiger partial charge < -0.3 is 10.1 Å². The summed E-state index contributed by atoms with van der Waals surface area (Å²) in [4.78, 5) is 30.8. The number of fused-ring (bicyclic) bond motifs is 1. The maximum absolute atomic E-state index is 12.7. The number of aromatic nitrogens is 1. The number of methoxy groups -OCH3 is 1. The Balaban J connectivity index is 1.35. The molecule has 30 heavy (non-hydrogen) atoms. The van der Waals surface area contributed by atoms with Crippen LogP contribution in [0.15, 0.2) is 54.6 Å². The molecule has 0 aliphatic heterocycles. The van der Waals surface area contributed by atoms with Gasteiger partial charge in [-0.3, -0.25) is 14.9 Å². The molecule has 2 amide bonds. The molecule has 0 saturated carbocycles. The lowest BCUT2D eigenvalue weighted by Gasteiger charge is -2.11. The predicted molar refractivity (Wildman–Crippen MR) is 117 cm³/mol. The summed E-state index contributed by atoms with van der Waals surface area (Å²) in [5.74, 6) is 0.219. The number of nitrogens with one attached hydrogen (secondary N) is 2. The Labute approximate surface area is 179 Å². The number of hydrogen-bond donors (Lipinski definition) is 2. The lowest BCUT2D eigenvalue weighted by molar-refractivity contribution is -0.122. The van der Waals surface area contributed by atoms with E-state index in [2.05, 4.69) is 27.8 Å². The molecule has 0 radical (unpaired) electrons. The van der Waals surface area contributed by atoms with Crippen LogP contribution in [0.4, 0.5) is 5.13 Å². The second kappa shape index (κ2) is 9.09. The molecule has 0 bridgehead atoms. The highest BCUT2D eigenvalue weighted by molar-refractivity contribution is 7.16. The molecule has 2 N–H and O–H groups in total. The number of aryl methyl sites for hydroxylation is 1. The number of ether oxygens (including phenoxy) is 1. The topological polar surface area (TPSA) is 80.3 Å². The van der Waals surface area contributed by atoms with Crippen molar-refractivity contribution in [2.75, 3.05) is 19.0 Å². The van der Waals surface area contributed by atoms with Crippen molar-refractivity contribution in [1.29, 1.82) is 0 Å². The third-order valence-corrected chi connectivity index (χ3v) is 6.21. The highest BCUT2D eigenvalue weighted by Gasteiger charge is 2.32. The Morgan fingerprint density at radius 2 is 1.90 bits per heavy atom. The molecule has 1 atom stereocenters. The van der Waals surface area contributed by atoms with Crippen LogP contribution in [0.2, 0.25) is 0 Å². The zero-order valence-electron chi connectivity index (χ0n) is 16.7. The third-order valence-electron chi connectivity index (χ3n) is 5.16. The lowest BCUT2D eigenvalue weighted by atomic mass is 10.1. The van der Waals surface area contributed by atoms with Crippen molar-refractivity contribution < 1.29 is 14.3 Å². The van der Waals surface area contributed by atoms with E-state index in [0.29, 0.717) is 23.0 Å². The zero-order valence-corrected chi connectivity index (χ0v) is 17.5. The number of anilines is 1. The van der Waals surface area contributed by atoms with Crippen molar-refractivity contribution >= 4 is 28.3 Å². The number of hydrogen-bond acceptors (Lipinski definition) is 5. The van der Waals surface area contributed by atoms with Crippen LogP contribution in [0.3, 0.4) is 0 Å². The Kier molecular flexibility index (Phi) is 6.09. The van der Waals surface area contributed by atoms with E-state index >= 15 is 0 Å². The molecule has 1 aliphatic carbocycles. The highest BCUT2D eigenvalue weighted by Crippen LogP contribution is 2.38. The van der Waals surface area contributed by atoms with Gasteiger partial charge in [-0.25, -0.2) is 4.98 Å². The lowest BCUT2D eigenvalue weighted by Crippen LogP contribution is -2.30. The molecular weight excluding hydrogens is 398 g/mol. The largest absolute Gasteiger partial charge is 0.497 e. The van der Waals surface area contributed by atoms with Gasteiger partial charge in [-0.2, -0.15) is 0 Å². The van der Waals surface area contributed by atoms with Gasteiger partial charge in [0.2, 0.25) is 5.91 Å². The summed E-state index contributed by atoms with van der Waals surface area (Å²) in [5.41, 5.74) is 2.52. The molecule has 0 fully saturated rings. The van der Waals surface area contributed by atoms with Crippen molar-refractivity contribution in [2.24, 2.45) is 0 Å². The van der Waals surface area contributed by atoms with Crippen LogP contribution in [-0.2, 0) is 17.6 Å². The molecule has 6 nitrogen and oxygen atoms in total. The van der Waals surface area contributed by atoms with Gasteiger partial charge in [0, 0.05) is 17.0 Å². The summed E-state index contributed by atoms with van der Waals surface area (Å²) in [7, 11) is 1.58. The smallest absolute Gasteiger partial charge is 0.257 e. The number of carbonyl (C=O) groups is 2. The van der Waals surface area contributed by atoms with Gasteiger partial charge in [0.25, 0.3) is 5.91 Å². The van der Waals surface area contributed by atoms with Crippen molar-refractivity contribution in [1.82, 2.24) is 10.3 Å². The first kappa shape index (κ1) is 20.1. The third kappa shape index (κ3) is 4.52. The number of nitrogens with zero attached hydrogens (tertiary/aromatic N) is 1. The Morgan fingerprint density at radius 3 is 2.63 bits per heavy atom. The fourth-order valence-corrected chi connectivity index (χ4v) is 4.58. The minimum absolute atomic E-state index is 0.00279. The molecule has 154 valence electrons. The van der Waals surface area contributed by atoms with E-state index in [0.717, 1.165) is 29.8 Å². The second-order valence-corrected chi connectivity index (χ2v) is 8.21. The first-order chi connectivity index (χ1) is 14.6. The number of thiazole rings is 1. The Morgan fingerprint density at radius 1 is 1.13 bits per heavy atom. The van der Waals surface area contributed by atoms with Crippen LogP contribution in [0.1, 0.15) is 38.8 Å². The standard InChI is InChI=1S/C23H23N3O3S/c1-29-17-9-7-16(8-10-17)21(27)26-23-25-20-18(11-12-19(20)30-23)22(28)24-14-13-15-5-3-2-4-6-15/h2-10,18H,11-14H2,1H3,(H,24,28)(H,25,26,27). The van der Waals surface area contributed by atoms with Gasteiger partial charge >= 0.3 is 0 Å². The molecule has 1 unspecified atom stereocenters. The number of carbonyl (C=O) groups excluding carboxylic acids is 2. The van der Waals surface area contributed by atoms with Crippen LogP contribution in [0.25, 0.3) is 0 Å². The Bertz CT molecular complexity index is 1030. The van der Waals surface area contributed by atoms with Crippen LogP contribution in [0.5, 0.6) is 5.75 Å². The first-order valence-electron chi connectivity index (χ1n) is 9.90. The van der Waals surface area contributed by atoms with Crippen LogP contribution in [0, 0.1) is 0 Å². The highest BCUT2D eigenvalue weighted by atomic mass is 32.1. The molecule has 1 heterocycles. The summed E-state index contributed by atoms with van der Waals surface area (Å²) >= 11 is 1.45. The first-order valence-corrected chi connectivity index (χ1v) is 10.7. The van der Waals surface area contributed by atoms with E-state index < -0.39 is 0 Å². The summed E-state index contributed by atoms with van der Waals surface area (Å²) < 4.78 is 5.12. The van der Waals surface area contributed by atoms with E-state index in [1.54, 1.807) is 31.4 Å². The molecule has 7 heteroatoms. The summed E-state index contributed by atoms with van der Waals surface area (Å²) in [6.45, 7) is 0.597. The average Bonchev–Trinajstić information content (AvgIpc) is 3.34. The maximum atomic E-state index is 12.7. The monoisotopic (exact) mass is 421 g/mol. The van der Waals surface area contributed by atoms with Gasteiger partial charge in [-0.15, -0.1) is 11.3 Å². The van der Waals surface area contributed by atoms with Crippen molar-refractivity contribution in [3.63, 3.8) is 0 Å². The van der Waals surface area contributed by atoms with E-state index in [-0.39, 0.29) is 17.7 Å². The molecule has 0 spiro atoms.